The second-order valence-electron chi connectivity index (χ2n) is 6.92. The van der Waals surface area contributed by atoms with Crippen LogP contribution in [0, 0.1) is 0 Å². The summed E-state index contributed by atoms with van der Waals surface area (Å²) < 4.78 is 1.34. The molecule has 5 heteroatoms. The van der Waals surface area contributed by atoms with E-state index in [1.165, 1.54) is 21.9 Å². The SMILES string of the molecule is CC(C)(C)c1ccc2c(c1)CCN2C(=O)Cn1cccnc1=O. The Morgan fingerprint density at radius 3 is 2.78 bits per heavy atom. The normalized spacial score (nSPS) is 14.0. The Labute approximate surface area is 135 Å². The van der Waals surface area contributed by atoms with Crippen molar-refractivity contribution in [1.29, 1.82) is 0 Å². The predicted molar refractivity (Wildman–Crippen MR) is 89.7 cm³/mol. The lowest BCUT2D eigenvalue weighted by Gasteiger charge is -2.22. The van der Waals surface area contributed by atoms with Crippen LogP contribution in [0.2, 0.25) is 0 Å². The van der Waals surface area contributed by atoms with Gasteiger partial charge in [0.2, 0.25) is 5.91 Å². The molecule has 0 aliphatic carbocycles. The molecule has 2 aromatic rings. The molecule has 0 N–H and O–H groups in total. The lowest BCUT2D eigenvalue weighted by atomic mass is 9.86. The minimum absolute atomic E-state index is 0.0210. The standard InChI is InChI=1S/C18H21N3O2/c1-18(2,3)14-5-6-15-13(11-14)7-10-21(15)16(22)12-20-9-4-8-19-17(20)23/h4-6,8-9,11H,7,10,12H2,1-3H3. The highest BCUT2D eigenvalue weighted by Gasteiger charge is 2.26. The van der Waals surface area contributed by atoms with E-state index in [4.69, 9.17) is 0 Å². The molecule has 2 heterocycles. The average molecular weight is 311 g/mol. The topological polar surface area (TPSA) is 55.2 Å². The number of nitrogens with zero attached hydrogens (tertiary/aromatic N) is 3. The Morgan fingerprint density at radius 2 is 2.09 bits per heavy atom. The summed E-state index contributed by atoms with van der Waals surface area (Å²) in [5, 5.41) is 0. The van der Waals surface area contributed by atoms with Crippen LogP contribution in [0.15, 0.2) is 41.5 Å². The molecule has 0 spiro atoms. The van der Waals surface area contributed by atoms with Gasteiger partial charge in [-0.2, -0.15) is 0 Å². The first-order valence-corrected chi connectivity index (χ1v) is 7.81. The van der Waals surface area contributed by atoms with Gasteiger partial charge >= 0.3 is 5.69 Å². The average Bonchev–Trinajstić information content (AvgIpc) is 2.92. The lowest BCUT2D eigenvalue weighted by molar-refractivity contribution is -0.119. The molecule has 0 atom stereocenters. The van der Waals surface area contributed by atoms with E-state index in [9.17, 15) is 9.59 Å². The van der Waals surface area contributed by atoms with Crippen molar-refractivity contribution >= 4 is 11.6 Å². The molecule has 1 aromatic carbocycles. The van der Waals surface area contributed by atoms with Gasteiger partial charge in [0.25, 0.3) is 0 Å². The van der Waals surface area contributed by atoms with E-state index in [-0.39, 0.29) is 17.9 Å². The van der Waals surface area contributed by atoms with Crippen LogP contribution in [0.25, 0.3) is 0 Å². The second-order valence-corrected chi connectivity index (χ2v) is 6.92. The second kappa shape index (κ2) is 5.65. The van der Waals surface area contributed by atoms with Crippen LogP contribution in [0.5, 0.6) is 0 Å². The summed E-state index contributed by atoms with van der Waals surface area (Å²) >= 11 is 0. The molecule has 23 heavy (non-hydrogen) atoms. The highest BCUT2D eigenvalue weighted by Crippen LogP contribution is 2.32. The van der Waals surface area contributed by atoms with Crippen molar-refractivity contribution in [3.05, 3.63) is 58.3 Å². The molecule has 0 bridgehead atoms. The molecule has 0 radical (unpaired) electrons. The van der Waals surface area contributed by atoms with E-state index < -0.39 is 5.69 Å². The van der Waals surface area contributed by atoms with Gasteiger partial charge in [0.05, 0.1) is 0 Å². The van der Waals surface area contributed by atoms with Crippen molar-refractivity contribution < 1.29 is 4.79 Å². The van der Waals surface area contributed by atoms with Crippen LogP contribution < -0.4 is 10.6 Å². The first-order valence-electron chi connectivity index (χ1n) is 7.81. The predicted octanol–water partition coefficient (Wildman–Crippen LogP) is 2.13. The fraction of sp³-hybridized carbons (Fsp3) is 0.389. The van der Waals surface area contributed by atoms with Gasteiger partial charge in [-0.3, -0.25) is 9.36 Å². The van der Waals surface area contributed by atoms with Gasteiger partial charge in [0.1, 0.15) is 6.54 Å². The number of benzene rings is 1. The Balaban J connectivity index is 1.84. The van der Waals surface area contributed by atoms with Crippen molar-refractivity contribution in [3.63, 3.8) is 0 Å². The minimum atomic E-state index is -0.400. The van der Waals surface area contributed by atoms with Crippen LogP contribution >= 0.6 is 0 Å². The first-order chi connectivity index (χ1) is 10.9. The molecule has 1 amide bonds. The number of carbonyl (C=O) groups excluding carboxylic acids is 1. The number of rotatable bonds is 2. The van der Waals surface area contributed by atoms with E-state index in [0.29, 0.717) is 6.54 Å². The largest absolute Gasteiger partial charge is 0.347 e. The molecule has 0 unspecified atom stereocenters. The van der Waals surface area contributed by atoms with Crippen molar-refractivity contribution in [2.45, 2.75) is 39.2 Å². The molecular weight excluding hydrogens is 290 g/mol. The maximum Gasteiger partial charge on any atom is 0.347 e. The number of fused-ring (bicyclic) bond motifs is 1. The van der Waals surface area contributed by atoms with Crippen molar-refractivity contribution in [2.24, 2.45) is 0 Å². The summed E-state index contributed by atoms with van der Waals surface area (Å²) in [5.41, 5.74) is 3.12. The van der Waals surface area contributed by atoms with Gasteiger partial charge in [-0.05, 0) is 35.1 Å². The van der Waals surface area contributed by atoms with Crippen LogP contribution in [-0.2, 0) is 23.2 Å². The van der Waals surface area contributed by atoms with E-state index in [0.717, 1.165) is 12.1 Å². The highest BCUT2D eigenvalue weighted by molar-refractivity contribution is 5.95. The number of amides is 1. The lowest BCUT2D eigenvalue weighted by Crippen LogP contribution is -2.35. The summed E-state index contributed by atoms with van der Waals surface area (Å²) in [6, 6.07) is 7.95. The molecule has 5 nitrogen and oxygen atoms in total. The van der Waals surface area contributed by atoms with Gasteiger partial charge in [-0.1, -0.05) is 32.9 Å². The summed E-state index contributed by atoms with van der Waals surface area (Å²) in [6.07, 6.45) is 3.88. The van der Waals surface area contributed by atoms with Crippen molar-refractivity contribution in [3.8, 4) is 0 Å². The van der Waals surface area contributed by atoms with Crippen molar-refractivity contribution in [2.75, 3.05) is 11.4 Å². The summed E-state index contributed by atoms with van der Waals surface area (Å²) in [4.78, 5) is 29.6. The third kappa shape index (κ3) is 3.04. The molecule has 1 aromatic heterocycles. The van der Waals surface area contributed by atoms with Gasteiger partial charge in [0.15, 0.2) is 0 Å². The molecule has 0 fully saturated rings. The van der Waals surface area contributed by atoms with E-state index in [1.807, 2.05) is 6.07 Å². The zero-order chi connectivity index (χ0) is 16.6. The molecule has 1 aliphatic heterocycles. The molecule has 0 saturated heterocycles. The molecule has 3 rings (SSSR count). The first kappa shape index (κ1) is 15.5. The number of carbonyl (C=O) groups is 1. The minimum Gasteiger partial charge on any atom is -0.310 e. The van der Waals surface area contributed by atoms with Crippen LogP contribution in [0.4, 0.5) is 5.69 Å². The van der Waals surface area contributed by atoms with Gasteiger partial charge < -0.3 is 4.90 Å². The Morgan fingerprint density at radius 1 is 1.30 bits per heavy atom. The van der Waals surface area contributed by atoms with Crippen LogP contribution in [-0.4, -0.2) is 22.0 Å². The third-order valence-corrected chi connectivity index (χ3v) is 4.23. The van der Waals surface area contributed by atoms with Gasteiger partial charge in [-0.15, -0.1) is 0 Å². The number of anilines is 1. The maximum atomic E-state index is 12.5. The van der Waals surface area contributed by atoms with Gasteiger partial charge in [0, 0.05) is 24.6 Å². The molecule has 120 valence electrons. The van der Waals surface area contributed by atoms with Crippen molar-refractivity contribution in [1.82, 2.24) is 9.55 Å². The van der Waals surface area contributed by atoms with E-state index >= 15 is 0 Å². The fourth-order valence-corrected chi connectivity index (χ4v) is 2.87. The Bertz CT molecular complexity index is 802. The quantitative estimate of drug-likeness (QED) is 0.854. The number of hydrogen-bond acceptors (Lipinski definition) is 3. The molecule has 0 saturated carbocycles. The van der Waals surface area contributed by atoms with Crippen LogP contribution in [0.1, 0.15) is 31.9 Å². The summed E-state index contributed by atoms with van der Waals surface area (Å²) in [5.74, 6) is -0.0811. The highest BCUT2D eigenvalue weighted by atomic mass is 16.2. The summed E-state index contributed by atoms with van der Waals surface area (Å²) in [7, 11) is 0. The zero-order valence-corrected chi connectivity index (χ0v) is 13.7. The number of aromatic nitrogens is 2. The number of hydrogen-bond donors (Lipinski definition) is 0. The Kier molecular flexibility index (Phi) is 3.80. The molecule has 1 aliphatic rings. The fourth-order valence-electron chi connectivity index (χ4n) is 2.87. The Hall–Kier alpha value is -2.43. The monoisotopic (exact) mass is 311 g/mol. The maximum absolute atomic E-state index is 12.5. The van der Waals surface area contributed by atoms with E-state index in [1.54, 1.807) is 17.2 Å². The zero-order valence-electron chi connectivity index (χ0n) is 13.7. The summed E-state index contributed by atoms with van der Waals surface area (Å²) in [6.45, 7) is 7.23. The molecular formula is C18H21N3O2. The smallest absolute Gasteiger partial charge is 0.310 e. The van der Waals surface area contributed by atoms with Gasteiger partial charge in [-0.25, -0.2) is 9.78 Å². The third-order valence-electron chi connectivity index (χ3n) is 4.23. The van der Waals surface area contributed by atoms with E-state index in [2.05, 4.69) is 37.9 Å². The van der Waals surface area contributed by atoms with Crippen LogP contribution in [0.3, 0.4) is 0 Å².